The third-order valence-electron chi connectivity index (χ3n) is 4.39. The molecule has 0 unspecified atom stereocenters. The van der Waals surface area contributed by atoms with Crippen LogP contribution in [-0.4, -0.2) is 130 Å². The zero-order chi connectivity index (χ0) is 19.6. The van der Waals surface area contributed by atoms with Gasteiger partial charge >= 0.3 is 7.51 Å². The molecule has 26 heavy (non-hydrogen) atoms. The summed E-state index contributed by atoms with van der Waals surface area (Å²) in [7, 11) is 12.6. The van der Waals surface area contributed by atoms with E-state index >= 15 is 0 Å². The summed E-state index contributed by atoms with van der Waals surface area (Å²) in [6.07, 6.45) is 0. The van der Waals surface area contributed by atoms with E-state index in [9.17, 15) is 0 Å². The summed E-state index contributed by atoms with van der Waals surface area (Å²) in [5.74, 6) is 2.25. The average Bonchev–Trinajstić information content (AvgIpc) is 3.02. The third kappa shape index (κ3) is 4.41. The lowest BCUT2D eigenvalue weighted by molar-refractivity contribution is 0.486. The molecule has 0 bridgehead atoms. The first-order valence-electron chi connectivity index (χ1n) is 8.68. The normalized spacial score (nSPS) is 17.8. The summed E-state index contributed by atoms with van der Waals surface area (Å²) in [6, 6.07) is 0. The summed E-state index contributed by atoms with van der Waals surface area (Å²) in [6.45, 7) is 3.57. The second-order valence-electron chi connectivity index (χ2n) is 7.24. The van der Waals surface area contributed by atoms with Gasteiger partial charge in [-0.25, -0.2) is 0 Å². The van der Waals surface area contributed by atoms with Crippen molar-refractivity contribution in [1.82, 2.24) is 29.4 Å². The molecular formula is C15H33N10P. The lowest BCUT2D eigenvalue weighted by Crippen LogP contribution is -2.35. The monoisotopic (exact) mass is 384 g/mol. The molecule has 0 aromatic heterocycles. The third-order valence-corrected chi connectivity index (χ3v) is 5.77. The summed E-state index contributed by atoms with van der Waals surface area (Å²) < 4.78 is 14.3. The Balaban J connectivity index is 2.58. The van der Waals surface area contributed by atoms with Gasteiger partial charge in [0, 0.05) is 82.6 Å². The van der Waals surface area contributed by atoms with Gasteiger partial charge < -0.3 is 29.4 Å². The molecule has 0 saturated carbocycles. The van der Waals surface area contributed by atoms with Crippen molar-refractivity contribution in [3.63, 3.8) is 0 Å². The molecule has 0 aromatic carbocycles. The molecule has 148 valence electrons. The molecule has 2 aliphatic heterocycles. The van der Waals surface area contributed by atoms with Crippen LogP contribution in [-0.2, 0) is 0 Å². The van der Waals surface area contributed by atoms with Crippen LogP contribution >= 0.6 is 7.51 Å². The van der Waals surface area contributed by atoms with Crippen molar-refractivity contribution in [1.29, 1.82) is 5.16 Å². The molecule has 0 aromatic rings. The van der Waals surface area contributed by atoms with Crippen LogP contribution in [0.3, 0.4) is 0 Å². The molecule has 2 heterocycles. The van der Waals surface area contributed by atoms with Crippen LogP contribution < -0.4 is 0 Å². The van der Waals surface area contributed by atoms with Gasteiger partial charge in [-0.15, -0.1) is 0 Å². The van der Waals surface area contributed by atoms with Crippen LogP contribution in [0, 0.1) is 5.16 Å². The molecule has 2 aliphatic rings. The van der Waals surface area contributed by atoms with Crippen molar-refractivity contribution >= 4 is 25.4 Å². The average molecular weight is 384 g/mol. The van der Waals surface area contributed by atoms with Crippen LogP contribution in [0.5, 0.6) is 0 Å². The fraction of sp³-hybridized carbons (Fsp3) is 0.800. The SMILES string of the molecule is CN(C)C(=NP(=N)(N=C1N(C)CCN1C)N=C1N(C)CCN1C)N(C)C. The lowest BCUT2D eigenvalue weighted by atomic mass is 10.6. The number of rotatable bonds is 3. The van der Waals surface area contributed by atoms with Crippen molar-refractivity contribution < 1.29 is 0 Å². The highest BCUT2D eigenvalue weighted by Crippen LogP contribution is 2.53. The minimum atomic E-state index is -3.12. The Labute approximate surface area is 157 Å². The van der Waals surface area contributed by atoms with E-state index in [0.717, 1.165) is 38.1 Å². The number of likely N-dealkylation sites (N-methyl/N-ethyl adjacent to an activating group) is 4. The molecule has 1 N–H and O–H groups in total. The Hall–Kier alpha value is -1.96. The van der Waals surface area contributed by atoms with E-state index in [1.54, 1.807) is 0 Å². The lowest BCUT2D eigenvalue weighted by Gasteiger charge is -2.26. The first-order chi connectivity index (χ1) is 12.0. The predicted molar refractivity (Wildman–Crippen MR) is 110 cm³/mol. The van der Waals surface area contributed by atoms with Crippen LogP contribution in [0.15, 0.2) is 14.3 Å². The smallest absolute Gasteiger partial charge is 0.306 e. The summed E-state index contributed by atoms with van der Waals surface area (Å²) in [5.41, 5.74) is 0. The van der Waals surface area contributed by atoms with E-state index in [1.807, 2.05) is 66.2 Å². The highest BCUT2D eigenvalue weighted by molar-refractivity contribution is 7.61. The highest BCUT2D eigenvalue weighted by Gasteiger charge is 2.29. The number of nitrogens with zero attached hydrogens (tertiary/aromatic N) is 9. The van der Waals surface area contributed by atoms with E-state index in [4.69, 9.17) is 19.5 Å². The predicted octanol–water partition coefficient (Wildman–Crippen LogP) is 0.457. The molecule has 0 aliphatic carbocycles. The molecule has 2 rings (SSSR count). The van der Waals surface area contributed by atoms with Crippen molar-refractivity contribution in [2.45, 2.75) is 0 Å². The quantitative estimate of drug-likeness (QED) is 0.433. The van der Waals surface area contributed by atoms with Crippen LogP contribution in [0.4, 0.5) is 0 Å². The molecular weight excluding hydrogens is 351 g/mol. The number of hydrogen-bond donors (Lipinski definition) is 1. The fourth-order valence-corrected chi connectivity index (χ4v) is 4.76. The Bertz CT molecular complexity index is 564. The second kappa shape index (κ2) is 7.73. The molecule has 11 heteroatoms. The molecule has 0 spiro atoms. The first-order valence-corrected chi connectivity index (χ1v) is 10.3. The van der Waals surface area contributed by atoms with E-state index in [-0.39, 0.29) is 0 Å². The summed E-state index contributed by atoms with van der Waals surface area (Å²) >= 11 is 0. The zero-order valence-corrected chi connectivity index (χ0v) is 18.2. The number of nitrogens with one attached hydrogen (secondary N) is 1. The number of guanidine groups is 3. The molecule has 0 amide bonds. The minimum Gasteiger partial charge on any atom is -0.349 e. The van der Waals surface area contributed by atoms with Gasteiger partial charge in [0.15, 0.2) is 0 Å². The van der Waals surface area contributed by atoms with E-state index in [0.29, 0.717) is 5.96 Å². The van der Waals surface area contributed by atoms with Gasteiger partial charge in [0.05, 0.1) is 0 Å². The van der Waals surface area contributed by atoms with E-state index < -0.39 is 7.51 Å². The van der Waals surface area contributed by atoms with Gasteiger partial charge in [-0.05, 0) is 0 Å². The van der Waals surface area contributed by atoms with Crippen LogP contribution in [0.25, 0.3) is 0 Å². The molecule has 2 fully saturated rings. The molecule has 0 atom stereocenters. The van der Waals surface area contributed by atoms with Gasteiger partial charge in [0.25, 0.3) is 0 Å². The van der Waals surface area contributed by atoms with Gasteiger partial charge in [-0.3, -0.25) is 5.16 Å². The first kappa shape index (κ1) is 20.4. The van der Waals surface area contributed by atoms with Gasteiger partial charge in [0.1, 0.15) is 0 Å². The highest BCUT2D eigenvalue weighted by atomic mass is 31.2. The fourth-order valence-electron chi connectivity index (χ4n) is 2.91. The Morgan fingerprint density at radius 2 is 1.08 bits per heavy atom. The maximum atomic E-state index is 9.12. The summed E-state index contributed by atoms with van der Waals surface area (Å²) in [5, 5.41) is 9.12. The summed E-state index contributed by atoms with van der Waals surface area (Å²) in [4.78, 5) is 12.0. The zero-order valence-electron chi connectivity index (χ0n) is 17.3. The van der Waals surface area contributed by atoms with E-state index in [2.05, 4.69) is 19.6 Å². The topological polar surface area (TPSA) is 80.4 Å². The Morgan fingerprint density at radius 1 is 0.769 bits per heavy atom. The maximum absolute atomic E-state index is 9.12. The molecule has 0 radical (unpaired) electrons. The number of hydrogen-bond acceptors (Lipinski definition) is 1. The Morgan fingerprint density at radius 3 is 1.35 bits per heavy atom. The van der Waals surface area contributed by atoms with Crippen molar-refractivity contribution in [3.8, 4) is 0 Å². The van der Waals surface area contributed by atoms with Crippen molar-refractivity contribution in [3.05, 3.63) is 0 Å². The van der Waals surface area contributed by atoms with Crippen molar-refractivity contribution in [2.75, 3.05) is 82.6 Å². The van der Waals surface area contributed by atoms with Gasteiger partial charge in [0.2, 0.25) is 17.9 Å². The Kier molecular flexibility index (Phi) is 6.05. The van der Waals surface area contributed by atoms with Gasteiger partial charge in [-0.1, -0.05) is 0 Å². The van der Waals surface area contributed by atoms with Crippen molar-refractivity contribution in [2.24, 2.45) is 14.3 Å². The van der Waals surface area contributed by atoms with E-state index in [1.165, 1.54) is 0 Å². The maximum Gasteiger partial charge on any atom is 0.306 e. The van der Waals surface area contributed by atoms with Gasteiger partial charge in [-0.2, -0.15) is 14.3 Å². The largest absolute Gasteiger partial charge is 0.349 e. The van der Waals surface area contributed by atoms with Crippen LogP contribution in [0.1, 0.15) is 0 Å². The van der Waals surface area contributed by atoms with Crippen LogP contribution in [0.2, 0.25) is 0 Å². The second-order valence-corrected chi connectivity index (χ2v) is 8.98. The molecule has 2 saturated heterocycles. The minimum absolute atomic E-state index is 0.689. The molecule has 10 nitrogen and oxygen atoms in total. The standard InChI is InChI=1S/C15H33N10P/c1-20(2)13(21(3)4)17-26(16,18-14-22(5)9-10-23(14)6)19-15-24(7)11-12-25(15)8/h16H,9-12H2,1-8H3.